The minimum absolute atomic E-state index is 0.508. The molecular formula is C31H55N. The fourth-order valence-corrected chi connectivity index (χ4v) is 9.34. The van der Waals surface area contributed by atoms with Crippen LogP contribution in [-0.2, 0) is 0 Å². The van der Waals surface area contributed by atoms with Crippen LogP contribution in [0.5, 0.6) is 0 Å². The minimum Gasteiger partial charge on any atom is -0.314 e. The van der Waals surface area contributed by atoms with Crippen molar-refractivity contribution in [3.05, 3.63) is 11.6 Å². The number of fused-ring (bicyclic) bond motifs is 5. The van der Waals surface area contributed by atoms with Crippen molar-refractivity contribution in [1.29, 1.82) is 0 Å². The van der Waals surface area contributed by atoms with E-state index in [9.17, 15) is 0 Å². The molecule has 0 spiro atoms. The third-order valence-electron chi connectivity index (χ3n) is 11.3. The molecule has 0 aromatic heterocycles. The maximum Gasteiger partial charge on any atom is 0.0105 e. The molecule has 3 saturated carbocycles. The lowest BCUT2D eigenvalue weighted by atomic mass is 9.47. The number of rotatable bonds is 9. The summed E-state index contributed by atoms with van der Waals surface area (Å²) < 4.78 is 0. The van der Waals surface area contributed by atoms with Gasteiger partial charge in [0.05, 0.1) is 0 Å². The monoisotopic (exact) mass is 441 g/mol. The first-order valence-corrected chi connectivity index (χ1v) is 14.7. The van der Waals surface area contributed by atoms with Gasteiger partial charge in [0.25, 0.3) is 0 Å². The van der Waals surface area contributed by atoms with Crippen molar-refractivity contribution in [2.45, 2.75) is 131 Å². The van der Waals surface area contributed by atoms with Crippen LogP contribution in [0.3, 0.4) is 0 Å². The number of hydrogen-bond donors (Lipinski definition) is 1. The van der Waals surface area contributed by atoms with Crippen LogP contribution in [0, 0.1) is 46.3 Å². The zero-order chi connectivity index (χ0) is 22.9. The summed E-state index contributed by atoms with van der Waals surface area (Å²) >= 11 is 0. The first-order chi connectivity index (χ1) is 15.3. The fraction of sp³-hybridized carbons (Fsp3) is 0.935. The van der Waals surface area contributed by atoms with Crippen LogP contribution >= 0.6 is 0 Å². The standard InChI is InChI=1S/C31H55N/c1-7-8-20-32-25-16-18-30(5)24(21-25)12-13-26-28-15-14-27(23(4)11-9-10-22(2)3)31(28,6)19-17-29(26)30/h12,22-23,25-29,32H,7-11,13-21H2,1-6H3/t23-,25+,26+,27?,28+,29?,30?,31?/m1/s1. The molecule has 8 atom stereocenters. The Balaban J connectivity index is 1.42. The molecule has 0 bridgehead atoms. The molecule has 4 rings (SSSR count). The molecule has 0 aromatic carbocycles. The summed E-state index contributed by atoms with van der Waals surface area (Å²) in [6.45, 7) is 16.3. The normalized spacial score (nSPS) is 42.2. The highest BCUT2D eigenvalue weighted by Crippen LogP contribution is 2.67. The van der Waals surface area contributed by atoms with E-state index in [0.29, 0.717) is 10.8 Å². The minimum atomic E-state index is 0.508. The summed E-state index contributed by atoms with van der Waals surface area (Å²) in [4.78, 5) is 0. The summed E-state index contributed by atoms with van der Waals surface area (Å²) in [5.41, 5.74) is 2.98. The second kappa shape index (κ2) is 10.1. The Hall–Kier alpha value is -0.300. The maximum absolute atomic E-state index is 3.89. The van der Waals surface area contributed by atoms with Gasteiger partial charge in [0.15, 0.2) is 0 Å². The molecule has 184 valence electrons. The molecule has 3 fully saturated rings. The number of unbranched alkanes of at least 4 members (excludes halogenated alkanes) is 1. The van der Waals surface area contributed by atoms with E-state index in [1.54, 1.807) is 0 Å². The van der Waals surface area contributed by atoms with Crippen LogP contribution in [0.15, 0.2) is 11.6 Å². The van der Waals surface area contributed by atoms with Crippen molar-refractivity contribution in [1.82, 2.24) is 5.32 Å². The van der Waals surface area contributed by atoms with Crippen LogP contribution in [-0.4, -0.2) is 12.6 Å². The van der Waals surface area contributed by atoms with E-state index in [1.807, 2.05) is 5.57 Å². The number of nitrogens with one attached hydrogen (secondary N) is 1. The van der Waals surface area contributed by atoms with Crippen LogP contribution in [0.1, 0.15) is 125 Å². The molecule has 0 aliphatic heterocycles. The Morgan fingerprint density at radius 1 is 0.969 bits per heavy atom. The third-order valence-corrected chi connectivity index (χ3v) is 11.3. The van der Waals surface area contributed by atoms with Crippen molar-refractivity contribution in [3.63, 3.8) is 0 Å². The Kier molecular flexibility index (Phi) is 7.86. The summed E-state index contributed by atoms with van der Waals surface area (Å²) in [5.74, 6) is 5.71. The first-order valence-electron chi connectivity index (χ1n) is 14.7. The van der Waals surface area contributed by atoms with E-state index < -0.39 is 0 Å². The van der Waals surface area contributed by atoms with Gasteiger partial charge in [-0.2, -0.15) is 0 Å². The zero-order valence-corrected chi connectivity index (χ0v) is 22.5. The average Bonchev–Trinajstić information content (AvgIpc) is 3.11. The predicted octanol–water partition coefficient (Wildman–Crippen LogP) is 8.79. The van der Waals surface area contributed by atoms with Crippen molar-refractivity contribution < 1.29 is 0 Å². The molecule has 0 radical (unpaired) electrons. The summed E-state index contributed by atoms with van der Waals surface area (Å²) in [5, 5.41) is 3.89. The van der Waals surface area contributed by atoms with Crippen LogP contribution in [0.2, 0.25) is 0 Å². The molecule has 0 saturated heterocycles. The molecule has 1 N–H and O–H groups in total. The van der Waals surface area contributed by atoms with Gasteiger partial charge in [-0.3, -0.25) is 0 Å². The highest BCUT2D eigenvalue weighted by Gasteiger charge is 2.59. The second-order valence-electron chi connectivity index (χ2n) is 13.5. The van der Waals surface area contributed by atoms with Gasteiger partial charge in [0.1, 0.15) is 0 Å². The Labute approximate surface area is 201 Å². The molecular weight excluding hydrogens is 386 g/mol. The van der Waals surface area contributed by atoms with Crippen molar-refractivity contribution in [3.8, 4) is 0 Å². The molecule has 0 heterocycles. The van der Waals surface area contributed by atoms with Gasteiger partial charge in [-0.1, -0.05) is 78.9 Å². The third kappa shape index (κ3) is 4.63. The van der Waals surface area contributed by atoms with Gasteiger partial charge in [-0.15, -0.1) is 0 Å². The van der Waals surface area contributed by atoms with Gasteiger partial charge in [-0.25, -0.2) is 0 Å². The lowest BCUT2D eigenvalue weighted by Crippen LogP contribution is -2.51. The molecule has 0 aromatic rings. The van der Waals surface area contributed by atoms with E-state index in [1.165, 1.54) is 90.0 Å². The van der Waals surface area contributed by atoms with Gasteiger partial charge in [-0.05, 0) is 111 Å². The molecule has 4 aliphatic rings. The topological polar surface area (TPSA) is 12.0 Å². The maximum atomic E-state index is 3.89. The highest BCUT2D eigenvalue weighted by atomic mass is 14.9. The van der Waals surface area contributed by atoms with E-state index >= 15 is 0 Å². The summed E-state index contributed by atoms with van der Waals surface area (Å²) in [6, 6.07) is 0.744. The van der Waals surface area contributed by atoms with Gasteiger partial charge >= 0.3 is 0 Å². The molecule has 4 aliphatic carbocycles. The van der Waals surface area contributed by atoms with Crippen LogP contribution in [0.25, 0.3) is 0 Å². The Morgan fingerprint density at radius 2 is 1.78 bits per heavy atom. The van der Waals surface area contributed by atoms with Gasteiger partial charge in [0, 0.05) is 6.04 Å². The molecule has 0 amide bonds. The molecule has 32 heavy (non-hydrogen) atoms. The molecule has 1 heteroatoms. The van der Waals surface area contributed by atoms with E-state index in [-0.39, 0.29) is 0 Å². The van der Waals surface area contributed by atoms with Gasteiger partial charge < -0.3 is 5.32 Å². The summed E-state index contributed by atoms with van der Waals surface area (Å²) in [7, 11) is 0. The quantitative estimate of drug-likeness (QED) is 0.278. The smallest absolute Gasteiger partial charge is 0.0105 e. The number of allylic oxidation sites excluding steroid dienone is 1. The predicted molar refractivity (Wildman–Crippen MR) is 140 cm³/mol. The Bertz CT molecular complexity index is 649. The second-order valence-corrected chi connectivity index (χ2v) is 13.5. The first kappa shape index (κ1) is 24.8. The van der Waals surface area contributed by atoms with Crippen molar-refractivity contribution in [2.75, 3.05) is 6.54 Å². The van der Waals surface area contributed by atoms with E-state index in [2.05, 4.69) is 52.9 Å². The molecule has 1 nitrogen and oxygen atoms in total. The largest absolute Gasteiger partial charge is 0.314 e. The van der Waals surface area contributed by atoms with E-state index in [0.717, 1.165) is 41.5 Å². The van der Waals surface area contributed by atoms with Crippen molar-refractivity contribution in [2.24, 2.45) is 46.3 Å². The lowest BCUT2D eigenvalue weighted by Gasteiger charge is -2.58. The molecule has 4 unspecified atom stereocenters. The number of hydrogen-bond acceptors (Lipinski definition) is 1. The van der Waals surface area contributed by atoms with E-state index in [4.69, 9.17) is 0 Å². The summed E-state index contributed by atoms with van der Waals surface area (Å²) in [6.07, 6.45) is 21.4. The Morgan fingerprint density at radius 3 is 2.53 bits per heavy atom. The van der Waals surface area contributed by atoms with Crippen molar-refractivity contribution >= 4 is 0 Å². The fourth-order valence-electron chi connectivity index (χ4n) is 9.34. The highest BCUT2D eigenvalue weighted by molar-refractivity contribution is 5.26. The SMILES string of the molecule is CCCCN[C@H]1CCC2(C)C(=CC[C@@H]3C2CCC2(C)C([C@H](C)CCCC(C)C)CC[C@@H]32)C1. The average molecular weight is 442 g/mol. The van der Waals surface area contributed by atoms with Crippen LogP contribution in [0.4, 0.5) is 0 Å². The van der Waals surface area contributed by atoms with Crippen LogP contribution < -0.4 is 5.32 Å². The zero-order valence-electron chi connectivity index (χ0n) is 22.5. The van der Waals surface area contributed by atoms with Gasteiger partial charge in [0.2, 0.25) is 0 Å². The lowest BCUT2D eigenvalue weighted by molar-refractivity contribution is -0.0514.